The molecule has 0 aliphatic carbocycles. The maximum atomic E-state index is 6.48. The molecule has 0 radical (unpaired) electrons. The zero-order valence-electron chi connectivity index (χ0n) is 17.7. The second kappa shape index (κ2) is 8.44. The van der Waals surface area contributed by atoms with Gasteiger partial charge < -0.3 is 11.5 Å². The lowest BCUT2D eigenvalue weighted by Crippen LogP contribution is -1.95. The second-order valence-corrected chi connectivity index (χ2v) is 7.88. The predicted octanol–water partition coefficient (Wildman–Crippen LogP) is 7.52. The number of anilines is 2. The number of para-hydroxylation sites is 1. The molecule has 0 aromatic heterocycles. The number of nitrogen functional groups attached to an aromatic ring is 2. The number of rotatable bonds is 4. The summed E-state index contributed by atoms with van der Waals surface area (Å²) in [6.45, 7) is 0. The molecule has 5 rings (SSSR count). The van der Waals surface area contributed by atoms with Gasteiger partial charge in [-0.15, -0.1) is 0 Å². The molecule has 2 heteroatoms. The Morgan fingerprint density at radius 3 is 1.44 bits per heavy atom. The summed E-state index contributed by atoms with van der Waals surface area (Å²) >= 11 is 0. The van der Waals surface area contributed by atoms with Gasteiger partial charge in [-0.1, -0.05) is 109 Å². The van der Waals surface area contributed by atoms with Gasteiger partial charge in [0.1, 0.15) is 0 Å². The van der Waals surface area contributed by atoms with E-state index in [1.165, 1.54) is 22.3 Å². The third-order valence-electron chi connectivity index (χ3n) is 5.84. The molecular formula is C30H24N2. The van der Waals surface area contributed by atoms with Crippen molar-refractivity contribution in [3.8, 4) is 44.5 Å². The average Bonchev–Trinajstić information content (AvgIpc) is 2.85. The van der Waals surface area contributed by atoms with Crippen LogP contribution < -0.4 is 11.5 Å². The Balaban J connectivity index is 1.53. The summed E-state index contributed by atoms with van der Waals surface area (Å²) in [4.78, 5) is 0. The highest BCUT2D eigenvalue weighted by Gasteiger charge is 2.11. The first kappa shape index (κ1) is 19.7. The molecule has 0 unspecified atom stereocenters. The van der Waals surface area contributed by atoms with E-state index in [0.29, 0.717) is 0 Å². The van der Waals surface area contributed by atoms with Crippen molar-refractivity contribution in [3.63, 3.8) is 0 Å². The average molecular weight is 413 g/mol. The normalized spacial score (nSPS) is 10.8. The molecule has 32 heavy (non-hydrogen) atoms. The summed E-state index contributed by atoms with van der Waals surface area (Å²) in [5, 5.41) is 0. The predicted molar refractivity (Wildman–Crippen MR) is 137 cm³/mol. The minimum absolute atomic E-state index is 0.717. The molecule has 154 valence electrons. The van der Waals surface area contributed by atoms with E-state index in [2.05, 4.69) is 84.9 Å². The van der Waals surface area contributed by atoms with Crippen LogP contribution in [0.4, 0.5) is 11.4 Å². The van der Waals surface area contributed by atoms with Crippen molar-refractivity contribution in [2.75, 3.05) is 11.5 Å². The van der Waals surface area contributed by atoms with Crippen molar-refractivity contribution in [1.29, 1.82) is 0 Å². The molecule has 0 aliphatic rings. The van der Waals surface area contributed by atoms with Gasteiger partial charge in [0.2, 0.25) is 0 Å². The Morgan fingerprint density at radius 2 is 0.781 bits per heavy atom. The van der Waals surface area contributed by atoms with E-state index >= 15 is 0 Å². The third kappa shape index (κ3) is 3.75. The molecule has 0 saturated carbocycles. The SMILES string of the molecule is Nc1ccccc1-c1ccc(-c2ccccc2-c2ccc(-c3ccccc3)cc2)cc1N. The molecule has 0 atom stereocenters. The molecule has 0 spiro atoms. The van der Waals surface area contributed by atoms with E-state index < -0.39 is 0 Å². The summed E-state index contributed by atoms with van der Waals surface area (Å²) in [5.41, 5.74) is 23.0. The monoisotopic (exact) mass is 412 g/mol. The Bertz CT molecular complexity index is 1370. The lowest BCUT2D eigenvalue weighted by atomic mass is 9.91. The molecule has 4 N–H and O–H groups in total. The van der Waals surface area contributed by atoms with E-state index in [1.54, 1.807) is 0 Å². The van der Waals surface area contributed by atoms with Crippen LogP contribution in [0.3, 0.4) is 0 Å². The molecule has 0 fully saturated rings. The van der Waals surface area contributed by atoms with Crippen LogP contribution in [0.1, 0.15) is 0 Å². The zero-order chi connectivity index (χ0) is 21.9. The van der Waals surface area contributed by atoms with Crippen LogP contribution in [-0.4, -0.2) is 0 Å². The molecule has 0 bridgehead atoms. The first-order chi connectivity index (χ1) is 15.7. The molecule has 5 aromatic rings. The van der Waals surface area contributed by atoms with Gasteiger partial charge in [-0.05, 0) is 45.5 Å². The van der Waals surface area contributed by atoms with Crippen molar-refractivity contribution >= 4 is 11.4 Å². The van der Waals surface area contributed by atoms with Crippen molar-refractivity contribution in [3.05, 3.63) is 121 Å². The summed E-state index contributed by atoms with van der Waals surface area (Å²) in [5.74, 6) is 0. The van der Waals surface area contributed by atoms with Crippen LogP contribution in [-0.2, 0) is 0 Å². The first-order valence-corrected chi connectivity index (χ1v) is 10.7. The fourth-order valence-corrected chi connectivity index (χ4v) is 4.18. The van der Waals surface area contributed by atoms with E-state index in [4.69, 9.17) is 11.5 Å². The quantitative estimate of drug-likeness (QED) is 0.300. The van der Waals surface area contributed by atoms with E-state index in [0.717, 1.165) is 33.6 Å². The Labute approximate surface area is 188 Å². The van der Waals surface area contributed by atoms with Crippen LogP contribution in [0.25, 0.3) is 44.5 Å². The highest BCUT2D eigenvalue weighted by atomic mass is 14.6. The highest BCUT2D eigenvalue weighted by Crippen LogP contribution is 2.37. The van der Waals surface area contributed by atoms with Crippen molar-refractivity contribution in [2.45, 2.75) is 0 Å². The van der Waals surface area contributed by atoms with Gasteiger partial charge in [-0.3, -0.25) is 0 Å². The standard InChI is InChI=1S/C30H24N2/c31-29-13-7-6-12-27(29)28-19-18-24(20-30(28)32)26-11-5-4-10-25(26)23-16-14-22(15-17-23)21-8-2-1-3-9-21/h1-20H,31-32H2. The van der Waals surface area contributed by atoms with Crippen LogP contribution in [0, 0.1) is 0 Å². The van der Waals surface area contributed by atoms with Gasteiger partial charge >= 0.3 is 0 Å². The molecule has 0 saturated heterocycles. The van der Waals surface area contributed by atoms with Gasteiger partial charge in [0, 0.05) is 22.5 Å². The number of hydrogen-bond donors (Lipinski definition) is 2. The van der Waals surface area contributed by atoms with Crippen molar-refractivity contribution in [1.82, 2.24) is 0 Å². The smallest absolute Gasteiger partial charge is 0.0400 e. The zero-order valence-corrected chi connectivity index (χ0v) is 17.7. The van der Waals surface area contributed by atoms with Crippen LogP contribution in [0.15, 0.2) is 121 Å². The number of benzene rings is 5. The highest BCUT2D eigenvalue weighted by molar-refractivity contribution is 5.90. The van der Waals surface area contributed by atoms with E-state index in [-0.39, 0.29) is 0 Å². The summed E-state index contributed by atoms with van der Waals surface area (Å²) in [7, 11) is 0. The Kier molecular flexibility index (Phi) is 5.19. The second-order valence-electron chi connectivity index (χ2n) is 7.88. The van der Waals surface area contributed by atoms with Crippen LogP contribution in [0.2, 0.25) is 0 Å². The summed E-state index contributed by atoms with van der Waals surface area (Å²) < 4.78 is 0. The van der Waals surface area contributed by atoms with Crippen LogP contribution in [0.5, 0.6) is 0 Å². The largest absolute Gasteiger partial charge is 0.398 e. The molecule has 0 heterocycles. The molecular weight excluding hydrogens is 388 g/mol. The molecule has 0 amide bonds. The van der Waals surface area contributed by atoms with Gasteiger partial charge in [0.05, 0.1) is 0 Å². The van der Waals surface area contributed by atoms with E-state index in [9.17, 15) is 0 Å². The molecule has 2 nitrogen and oxygen atoms in total. The van der Waals surface area contributed by atoms with Crippen LogP contribution >= 0.6 is 0 Å². The topological polar surface area (TPSA) is 52.0 Å². The maximum Gasteiger partial charge on any atom is 0.0400 e. The number of nitrogens with two attached hydrogens (primary N) is 2. The lowest BCUT2D eigenvalue weighted by molar-refractivity contribution is 1.56. The lowest BCUT2D eigenvalue weighted by Gasteiger charge is -2.14. The van der Waals surface area contributed by atoms with E-state index in [1.807, 2.05) is 36.4 Å². The minimum atomic E-state index is 0.717. The Morgan fingerprint density at radius 1 is 0.312 bits per heavy atom. The summed E-state index contributed by atoms with van der Waals surface area (Å²) in [6.07, 6.45) is 0. The van der Waals surface area contributed by atoms with Gasteiger partial charge in [-0.2, -0.15) is 0 Å². The van der Waals surface area contributed by atoms with Crippen molar-refractivity contribution in [2.24, 2.45) is 0 Å². The molecule has 5 aromatic carbocycles. The van der Waals surface area contributed by atoms with Gasteiger partial charge in [-0.25, -0.2) is 0 Å². The Hall–Kier alpha value is -4.30. The minimum Gasteiger partial charge on any atom is -0.398 e. The maximum absolute atomic E-state index is 6.48. The molecule has 0 aliphatic heterocycles. The van der Waals surface area contributed by atoms with Gasteiger partial charge in [0.15, 0.2) is 0 Å². The third-order valence-corrected chi connectivity index (χ3v) is 5.84. The number of hydrogen-bond acceptors (Lipinski definition) is 2. The first-order valence-electron chi connectivity index (χ1n) is 10.7. The van der Waals surface area contributed by atoms with Gasteiger partial charge in [0.25, 0.3) is 0 Å². The van der Waals surface area contributed by atoms with Crippen molar-refractivity contribution < 1.29 is 0 Å². The fraction of sp³-hybridized carbons (Fsp3) is 0. The summed E-state index contributed by atoms with van der Waals surface area (Å²) in [6, 6.07) is 41.6. The fourth-order valence-electron chi connectivity index (χ4n) is 4.18.